The first-order valence-electron chi connectivity index (χ1n) is 6.13. The van der Waals surface area contributed by atoms with Gasteiger partial charge in [-0.05, 0) is 36.8 Å². The van der Waals surface area contributed by atoms with Gasteiger partial charge < -0.3 is 0 Å². The smallest absolute Gasteiger partial charge is 0.0661 e. The summed E-state index contributed by atoms with van der Waals surface area (Å²) in [6, 6.07) is 8.47. The Balaban J connectivity index is 2.99. The molecule has 1 rings (SSSR count). The van der Waals surface area contributed by atoms with Gasteiger partial charge >= 0.3 is 0 Å². The van der Waals surface area contributed by atoms with Gasteiger partial charge in [0.2, 0.25) is 0 Å². The molecule has 0 spiro atoms. The van der Waals surface area contributed by atoms with Crippen molar-refractivity contribution < 1.29 is 0 Å². The van der Waals surface area contributed by atoms with E-state index >= 15 is 0 Å². The van der Waals surface area contributed by atoms with Crippen molar-refractivity contribution in [1.82, 2.24) is 0 Å². The number of aliphatic imine (C=N–C) groups is 1. The minimum Gasteiger partial charge on any atom is -0.258 e. The fourth-order valence-electron chi connectivity index (χ4n) is 1.55. The summed E-state index contributed by atoms with van der Waals surface area (Å²) in [6.45, 7) is 11.0. The van der Waals surface area contributed by atoms with Crippen molar-refractivity contribution in [3.8, 4) is 0 Å². The molecular weight excluding hydrogens is 194 g/mol. The van der Waals surface area contributed by atoms with Crippen molar-refractivity contribution in [2.45, 2.75) is 41.0 Å². The number of benzene rings is 1. The van der Waals surface area contributed by atoms with Crippen LogP contribution in [0.3, 0.4) is 0 Å². The van der Waals surface area contributed by atoms with Crippen LogP contribution in [0.15, 0.2) is 29.3 Å². The quantitative estimate of drug-likeness (QED) is 0.652. The maximum atomic E-state index is 4.73. The third-order valence-corrected chi connectivity index (χ3v) is 2.75. The second kappa shape index (κ2) is 5.83. The lowest BCUT2D eigenvalue weighted by Gasteiger charge is -2.10. The molecule has 88 valence electrons. The first kappa shape index (κ1) is 13.0. The normalized spacial score (nSPS) is 12.6. The molecule has 0 amide bonds. The SMILES string of the molecule is C/C(=N\c1ccccc1CC(C)C)C(C)C. The molecule has 0 heterocycles. The molecule has 0 atom stereocenters. The van der Waals surface area contributed by atoms with Crippen LogP contribution in [0.4, 0.5) is 5.69 Å². The lowest BCUT2D eigenvalue weighted by molar-refractivity contribution is 0.647. The van der Waals surface area contributed by atoms with Gasteiger partial charge in [-0.2, -0.15) is 0 Å². The van der Waals surface area contributed by atoms with E-state index in [1.807, 2.05) is 0 Å². The van der Waals surface area contributed by atoms with E-state index in [0.29, 0.717) is 11.8 Å². The van der Waals surface area contributed by atoms with Crippen LogP contribution in [-0.4, -0.2) is 5.71 Å². The standard InChI is InChI=1S/C15H23N/c1-11(2)10-14-8-6-7-9-15(14)16-13(5)12(3)4/h6-9,11-12H,10H2,1-5H3/b16-13+. The van der Waals surface area contributed by atoms with Crippen LogP contribution in [-0.2, 0) is 6.42 Å². The van der Waals surface area contributed by atoms with Gasteiger partial charge in [-0.25, -0.2) is 0 Å². The summed E-state index contributed by atoms with van der Waals surface area (Å²) in [6.07, 6.45) is 1.10. The Bertz CT molecular complexity index is 361. The van der Waals surface area contributed by atoms with Crippen LogP contribution in [0, 0.1) is 11.8 Å². The third kappa shape index (κ3) is 3.80. The van der Waals surface area contributed by atoms with Crippen LogP contribution in [0.5, 0.6) is 0 Å². The van der Waals surface area contributed by atoms with E-state index in [1.54, 1.807) is 0 Å². The summed E-state index contributed by atoms with van der Waals surface area (Å²) in [5.41, 5.74) is 3.70. The molecule has 0 bridgehead atoms. The minimum atomic E-state index is 0.520. The highest BCUT2D eigenvalue weighted by atomic mass is 14.7. The van der Waals surface area contributed by atoms with Crippen molar-refractivity contribution in [2.75, 3.05) is 0 Å². The van der Waals surface area contributed by atoms with Crippen LogP contribution in [0.25, 0.3) is 0 Å². The van der Waals surface area contributed by atoms with Crippen molar-refractivity contribution >= 4 is 11.4 Å². The average Bonchev–Trinajstić information content (AvgIpc) is 2.20. The zero-order chi connectivity index (χ0) is 12.1. The van der Waals surface area contributed by atoms with Crippen molar-refractivity contribution in [3.63, 3.8) is 0 Å². The Morgan fingerprint density at radius 1 is 1.12 bits per heavy atom. The molecule has 1 heteroatoms. The summed E-state index contributed by atoms with van der Waals surface area (Å²) < 4.78 is 0. The maximum Gasteiger partial charge on any atom is 0.0661 e. The van der Waals surface area contributed by atoms with Gasteiger partial charge in [0.1, 0.15) is 0 Å². The predicted octanol–water partition coefficient (Wildman–Crippen LogP) is 4.63. The van der Waals surface area contributed by atoms with Gasteiger partial charge in [0.15, 0.2) is 0 Å². The van der Waals surface area contributed by atoms with E-state index in [9.17, 15) is 0 Å². The molecule has 0 unspecified atom stereocenters. The lowest BCUT2D eigenvalue weighted by atomic mass is 10.0. The largest absolute Gasteiger partial charge is 0.258 e. The number of rotatable bonds is 4. The Labute approximate surface area is 99.6 Å². The maximum absolute atomic E-state index is 4.73. The summed E-state index contributed by atoms with van der Waals surface area (Å²) in [5.74, 6) is 1.20. The number of hydrogen-bond donors (Lipinski definition) is 0. The average molecular weight is 217 g/mol. The van der Waals surface area contributed by atoms with E-state index in [-0.39, 0.29) is 0 Å². The Morgan fingerprint density at radius 3 is 2.31 bits per heavy atom. The highest BCUT2D eigenvalue weighted by Crippen LogP contribution is 2.22. The van der Waals surface area contributed by atoms with E-state index in [4.69, 9.17) is 4.99 Å². The fourth-order valence-corrected chi connectivity index (χ4v) is 1.55. The second-order valence-corrected chi connectivity index (χ2v) is 5.13. The zero-order valence-corrected chi connectivity index (χ0v) is 11.1. The minimum absolute atomic E-state index is 0.520. The molecule has 0 aliphatic heterocycles. The van der Waals surface area contributed by atoms with Crippen LogP contribution in [0.1, 0.15) is 40.2 Å². The third-order valence-electron chi connectivity index (χ3n) is 2.75. The van der Waals surface area contributed by atoms with Gasteiger partial charge in [0.05, 0.1) is 5.69 Å². The summed E-state index contributed by atoms with van der Waals surface area (Å²) in [4.78, 5) is 4.73. The van der Waals surface area contributed by atoms with Gasteiger partial charge in [-0.1, -0.05) is 45.9 Å². The summed E-state index contributed by atoms with van der Waals surface area (Å²) in [7, 11) is 0. The molecule has 1 aromatic carbocycles. The highest BCUT2D eigenvalue weighted by Gasteiger charge is 2.04. The molecule has 1 aromatic rings. The topological polar surface area (TPSA) is 12.4 Å². The molecular formula is C15H23N. The predicted molar refractivity (Wildman–Crippen MR) is 72.6 cm³/mol. The van der Waals surface area contributed by atoms with Crippen LogP contribution >= 0.6 is 0 Å². The van der Waals surface area contributed by atoms with Crippen molar-refractivity contribution in [1.29, 1.82) is 0 Å². The molecule has 16 heavy (non-hydrogen) atoms. The van der Waals surface area contributed by atoms with Gasteiger partial charge in [0, 0.05) is 5.71 Å². The second-order valence-electron chi connectivity index (χ2n) is 5.13. The van der Waals surface area contributed by atoms with E-state index < -0.39 is 0 Å². The molecule has 0 saturated carbocycles. The van der Waals surface area contributed by atoms with Gasteiger partial charge in [-0.3, -0.25) is 4.99 Å². The fraction of sp³-hybridized carbons (Fsp3) is 0.533. The zero-order valence-electron chi connectivity index (χ0n) is 11.1. The summed E-state index contributed by atoms with van der Waals surface area (Å²) in [5, 5.41) is 0. The molecule has 0 fully saturated rings. The van der Waals surface area contributed by atoms with Crippen LogP contribution < -0.4 is 0 Å². The Kier molecular flexibility index (Phi) is 4.72. The Hall–Kier alpha value is -1.11. The molecule has 0 radical (unpaired) electrons. The monoisotopic (exact) mass is 217 g/mol. The van der Waals surface area contributed by atoms with Gasteiger partial charge in [-0.15, -0.1) is 0 Å². The van der Waals surface area contributed by atoms with Crippen molar-refractivity contribution in [3.05, 3.63) is 29.8 Å². The van der Waals surface area contributed by atoms with Crippen LogP contribution in [0.2, 0.25) is 0 Å². The number of nitrogens with zero attached hydrogens (tertiary/aromatic N) is 1. The first-order valence-corrected chi connectivity index (χ1v) is 6.13. The lowest BCUT2D eigenvalue weighted by Crippen LogP contribution is -2.01. The van der Waals surface area contributed by atoms with Crippen molar-refractivity contribution in [2.24, 2.45) is 16.8 Å². The van der Waals surface area contributed by atoms with E-state index in [2.05, 4.69) is 58.9 Å². The number of para-hydroxylation sites is 1. The van der Waals surface area contributed by atoms with Gasteiger partial charge in [0.25, 0.3) is 0 Å². The molecule has 0 aliphatic carbocycles. The molecule has 1 nitrogen and oxygen atoms in total. The molecule has 0 N–H and O–H groups in total. The van der Waals surface area contributed by atoms with E-state index in [1.165, 1.54) is 11.3 Å². The Morgan fingerprint density at radius 2 is 1.75 bits per heavy atom. The first-order chi connectivity index (χ1) is 7.50. The van der Waals surface area contributed by atoms with E-state index in [0.717, 1.165) is 12.1 Å². The highest BCUT2D eigenvalue weighted by molar-refractivity contribution is 5.86. The molecule has 0 aliphatic rings. The summed E-state index contributed by atoms with van der Waals surface area (Å²) >= 11 is 0. The molecule has 0 aromatic heterocycles. The molecule has 0 saturated heterocycles. The number of hydrogen-bond acceptors (Lipinski definition) is 1.